The van der Waals surface area contributed by atoms with Gasteiger partial charge in [-0.2, -0.15) is 5.10 Å². The molecule has 0 spiro atoms. The van der Waals surface area contributed by atoms with Crippen LogP contribution in [0.3, 0.4) is 0 Å². The van der Waals surface area contributed by atoms with Crippen LogP contribution in [-0.2, 0) is 6.54 Å². The van der Waals surface area contributed by atoms with Gasteiger partial charge in [-0.15, -0.1) is 12.4 Å². The van der Waals surface area contributed by atoms with Gasteiger partial charge >= 0.3 is 0 Å². The zero-order chi connectivity index (χ0) is 17.3. The molecule has 1 amide bonds. The molecule has 0 bridgehead atoms. The van der Waals surface area contributed by atoms with Crippen LogP contribution in [0.25, 0.3) is 0 Å². The van der Waals surface area contributed by atoms with E-state index in [0.29, 0.717) is 17.6 Å². The van der Waals surface area contributed by atoms with Crippen molar-refractivity contribution in [1.82, 2.24) is 20.0 Å². The standard InChI is InChI=1S/C18H23ClN4O.ClH/c1-12-10-22(9-8-20-12)18(24)17-13(2)21-23(14(17)3)11-15-6-4-5-7-16(15)19;/h4-7,12,20H,8-11H2,1-3H3;1H. The Morgan fingerprint density at radius 1 is 1.36 bits per heavy atom. The van der Waals surface area contributed by atoms with E-state index in [9.17, 15) is 4.79 Å². The Bertz CT molecular complexity index is 760. The summed E-state index contributed by atoms with van der Waals surface area (Å²) in [4.78, 5) is 14.9. The fourth-order valence-electron chi connectivity index (χ4n) is 3.22. The molecule has 1 aromatic carbocycles. The number of carbonyl (C=O) groups is 1. The summed E-state index contributed by atoms with van der Waals surface area (Å²) in [7, 11) is 0. The fourth-order valence-corrected chi connectivity index (χ4v) is 3.42. The van der Waals surface area contributed by atoms with E-state index >= 15 is 0 Å². The van der Waals surface area contributed by atoms with Gasteiger partial charge in [0.05, 0.1) is 17.8 Å². The summed E-state index contributed by atoms with van der Waals surface area (Å²) in [5.74, 6) is 0.0729. The van der Waals surface area contributed by atoms with Gasteiger partial charge in [0.1, 0.15) is 0 Å². The lowest BCUT2D eigenvalue weighted by atomic mass is 10.1. The number of hydrogen-bond donors (Lipinski definition) is 1. The molecule has 1 atom stereocenters. The Hall–Kier alpha value is -1.56. The summed E-state index contributed by atoms with van der Waals surface area (Å²) >= 11 is 6.25. The van der Waals surface area contributed by atoms with Gasteiger partial charge in [-0.25, -0.2) is 0 Å². The first-order chi connectivity index (χ1) is 11.5. The van der Waals surface area contributed by atoms with Crippen molar-refractivity contribution >= 4 is 29.9 Å². The molecule has 1 aliphatic rings. The predicted octanol–water partition coefficient (Wildman–Crippen LogP) is 3.06. The van der Waals surface area contributed by atoms with Gasteiger partial charge in [0.2, 0.25) is 0 Å². The first-order valence-electron chi connectivity index (χ1n) is 8.27. The van der Waals surface area contributed by atoms with E-state index in [1.165, 1.54) is 0 Å². The van der Waals surface area contributed by atoms with Crippen LogP contribution in [-0.4, -0.2) is 46.3 Å². The zero-order valence-corrected chi connectivity index (χ0v) is 16.3. The van der Waals surface area contributed by atoms with Crippen LogP contribution in [0.5, 0.6) is 0 Å². The smallest absolute Gasteiger partial charge is 0.257 e. The van der Waals surface area contributed by atoms with E-state index < -0.39 is 0 Å². The van der Waals surface area contributed by atoms with Gasteiger partial charge in [0, 0.05) is 36.4 Å². The Morgan fingerprint density at radius 3 is 2.76 bits per heavy atom. The van der Waals surface area contributed by atoms with E-state index in [0.717, 1.165) is 42.1 Å². The third-order valence-electron chi connectivity index (χ3n) is 4.53. The molecule has 25 heavy (non-hydrogen) atoms. The summed E-state index contributed by atoms with van der Waals surface area (Å²) < 4.78 is 1.87. The number of aryl methyl sites for hydroxylation is 1. The van der Waals surface area contributed by atoms with Crippen LogP contribution in [0, 0.1) is 13.8 Å². The maximum absolute atomic E-state index is 12.9. The number of halogens is 2. The second-order valence-corrected chi connectivity index (χ2v) is 6.81. The van der Waals surface area contributed by atoms with Crippen LogP contribution in [0.15, 0.2) is 24.3 Å². The number of nitrogens with zero attached hydrogens (tertiary/aromatic N) is 3. The van der Waals surface area contributed by atoms with Crippen molar-refractivity contribution in [3.8, 4) is 0 Å². The molecule has 0 radical (unpaired) electrons. The summed E-state index contributed by atoms with van der Waals surface area (Å²) in [6, 6.07) is 8.05. The van der Waals surface area contributed by atoms with E-state index in [4.69, 9.17) is 11.6 Å². The molecule has 1 aliphatic heterocycles. The number of piperazine rings is 1. The third kappa shape index (κ3) is 4.17. The first kappa shape index (κ1) is 19.8. The molecule has 1 fully saturated rings. The molecule has 3 rings (SSSR count). The van der Waals surface area contributed by atoms with Crippen molar-refractivity contribution < 1.29 is 4.79 Å². The van der Waals surface area contributed by atoms with Crippen LogP contribution in [0.4, 0.5) is 0 Å². The lowest BCUT2D eigenvalue weighted by Gasteiger charge is -2.32. The number of hydrogen-bond acceptors (Lipinski definition) is 3. The average Bonchev–Trinajstić information content (AvgIpc) is 2.83. The quantitative estimate of drug-likeness (QED) is 0.887. The van der Waals surface area contributed by atoms with Gasteiger partial charge in [-0.1, -0.05) is 29.8 Å². The number of benzene rings is 1. The Kier molecular flexibility index (Phi) is 6.49. The topological polar surface area (TPSA) is 50.2 Å². The second kappa shape index (κ2) is 8.21. The molecule has 5 nitrogen and oxygen atoms in total. The minimum atomic E-state index is 0. The SMILES string of the molecule is Cc1nn(Cc2ccccc2Cl)c(C)c1C(=O)N1CCNC(C)C1.Cl. The predicted molar refractivity (Wildman–Crippen MR) is 103 cm³/mol. The molecule has 0 aliphatic carbocycles. The number of rotatable bonds is 3. The molecule has 1 aromatic heterocycles. The Labute approximate surface area is 159 Å². The number of nitrogens with one attached hydrogen (secondary N) is 1. The Balaban J connectivity index is 0.00000225. The minimum Gasteiger partial charge on any atom is -0.336 e. The van der Waals surface area contributed by atoms with Gasteiger partial charge in [-0.3, -0.25) is 9.48 Å². The zero-order valence-electron chi connectivity index (χ0n) is 14.8. The first-order valence-corrected chi connectivity index (χ1v) is 8.65. The average molecular weight is 383 g/mol. The highest BCUT2D eigenvalue weighted by Crippen LogP contribution is 2.21. The molecule has 1 unspecified atom stereocenters. The number of aromatic nitrogens is 2. The van der Waals surface area contributed by atoms with Gasteiger partial charge in [-0.05, 0) is 32.4 Å². The summed E-state index contributed by atoms with van der Waals surface area (Å²) in [6.07, 6.45) is 0. The largest absolute Gasteiger partial charge is 0.336 e. The van der Waals surface area contributed by atoms with Crippen LogP contribution in [0.2, 0.25) is 5.02 Å². The van der Waals surface area contributed by atoms with E-state index in [2.05, 4.69) is 17.3 Å². The maximum Gasteiger partial charge on any atom is 0.257 e. The highest BCUT2D eigenvalue weighted by molar-refractivity contribution is 6.31. The van der Waals surface area contributed by atoms with Crippen molar-refractivity contribution in [3.63, 3.8) is 0 Å². The molecule has 0 saturated carbocycles. The van der Waals surface area contributed by atoms with Crippen molar-refractivity contribution in [2.24, 2.45) is 0 Å². The molecule has 1 saturated heterocycles. The van der Waals surface area contributed by atoms with Crippen molar-refractivity contribution in [2.45, 2.75) is 33.4 Å². The number of amides is 1. The molecule has 136 valence electrons. The normalized spacial score (nSPS) is 17.3. The fraction of sp³-hybridized carbons (Fsp3) is 0.444. The lowest BCUT2D eigenvalue weighted by molar-refractivity contribution is 0.0707. The second-order valence-electron chi connectivity index (χ2n) is 6.40. The monoisotopic (exact) mass is 382 g/mol. The van der Waals surface area contributed by atoms with Crippen molar-refractivity contribution in [1.29, 1.82) is 0 Å². The van der Waals surface area contributed by atoms with Crippen LogP contribution in [0.1, 0.15) is 34.2 Å². The molecule has 2 heterocycles. The van der Waals surface area contributed by atoms with Crippen molar-refractivity contribution in [3.05, 3.63) is 51.8 Å². The number of carbonyl (C=O) groups excluding carboxylic acids is 1. The highest BCUT2D eigenvalue weighted by atomic mass is 35.5. The molecule has 7 heteroatoms. The molecular formula is C18H24Cl2N4O. The lowest BCUT2D eigenvalue weighted by Crippen LogP contribution is -2.51. The molecular weight excluding hydrogens is 359 g/mol. The summed E-state index contributed by atoms with van der Waals surface area (Å²) in [6.45, 7) is 8.81. The molecule has 1 N–H and O–H groups in total. The van der Waals surface area contributed by atoms with Crippen LogP contribution < -0.4 is 5.32 Å². The van der Waals surface area contributed by atoms with E-state index in [1.54, 1.807) is 0 Å². The molecule has 2 aromatic rings. The third-order valence-corrected chi connectivity index (χ3v) is 4.90. The summed E-state index contributed by atoms with van der Waals surface area (Å²) in [5.41, 5.74) is 3.38. The summed E-state index contributed by atoms with van der Waals surface area (Å²) in [5, 5.41) is 8.66. The maximum atomic E-state index is 12.9. The Morgan fingerprint density at radius 2 is 2.08 bits per heavy atom. The van der Waals surface area contributed by atoms with Crippen molar-refractivity contribution in [2.75, 3.05) is 19.6 Å². The minimum absolute atomic E-state index is 0. The van der Waals surface area contributed by atoms with Crippen LogP contribution >= 0.6 is 24.0 Å². The highest BCUT2D eigenvalue weighted by Gasteiger charge is 2.26. The van der Waals surface area contributed by atoms with Gasteiger partial charge < -0.3 is 10.2 Å². The van der Waals surface area contributed by atoms with Gasteiger partial charge in [0.15, 0.2) is 0 Å². The van der Waals surface area contributed by atoms with Gasteiger partial charge in [0.25, 0.3) is 5.91 Å². The van der Waals surface area contributed by atoms with E-state index in [1.807, 2.05) is 47.7 Å². The van der Waals surface area contributed by atoms with E-state index in [-0.39, 0.29) is 18.3 Å².